The van der Waals surface area contributed by atoms with Crippen molar-refractivity contribution in [2.75, 3.05) is 6.61 Å². The minimum Gasteiger partial charge on any atom is -0.490 e. The van der Waals surface area contributed by atoms with Crippen molar-refractivity contribution < 1.29 is 23.5 Å². The summed E-state index contributed by atoms with van der Waals surface area (Å²) in [5, 5.41) is 0.241. The molecule has 1 fully saturated rings. The second kappa shape index (κ2) is 11.3. The number of benzene rings is 3. The molecule has 5 nitrogen and oxygen atoms in total. The molecule has 1 aliphatic rings. The average Bonchev–Trinajstić information content (AvgIpc) is 3.08. The Bertz CT molecular complexity index is 1300. The Balaban J connectivity index is 1.55. The lowest BCUT2D eigenvalue weighted by atomic mass is 10.1. The molecule has 0 spiro atoms. The van der Waals surface area contributed by atoms with E-state index in [9.17, 15) is 14.0 Å². The van der Waals surface area contributed by atoms with Gasteiger partial charge in [0.1, 0.15) is 12.4 Å². The lowest BCUT2D eigenvalue weighted by Gasteiger charge is -2.15. The first-order valence-corrected chi connectivity index (χ1v) is 12.7. The van der Waals surface area contributed by atoms with Gasteiger partial charge >= 0.3 is 0 Å². The molecule has 2 amide bonds. The first kappa shape index (κ1) is 25.3. The van der Waals surface area contributed by atoms with Crippen molar-refractivity contribution >= 4 is 56.5 Å². The average molecular weight is 577 g/mol. The van der Waals surface area contributed by atoms with Crippen molar-refractivity contribution in [3.05, 3.63) is 97.6 Å². The van der Waals surface area contributed by atoms with Crippen molar-refractivity contribution in [2.45, 2.75) is 20.1 Å². The van der Waals surface area contributed by atoms with Crippen LogP contribution in [-0.2, 0) is 17.9 Å². The fraction of sp³-hybridized carbons (Fsp3) is 0.154. The van der Waals surface area contributed by atoms with Gasteiger partial charge in [-0.2, -0.15) is 0 Å². The van der Waals surface area contributed by atoms with Crippen LogP contribution in [0, 0.1) is 5.82 Å². The van der Waals surface area contributed by atoms with E-state index in [0.29, 0.717) is 43.6 Å². The molecule has 35 heavy (non-hydrogen) atoms. The first-order chi connectivity index (χ1) is 16.9. The van der Waals surface area contributed by atoms with Gasteiger partial charge < -0.3 is 9.47 Å². The Morgan fingerprint density at radius 3 is 2.54 bits per heavy atom. The molecule has 1 aliphatic heterocycles. The summed E-state index contributed by atoms with van der Waals surface area (Å²) >= 11 is 10.3. The number of carbonyl (C=O) groups is 2. The highest BCUT2D eigenvalue weighted by atomic mass is 79.9. The van der Waals surface area contributed by atoms with Crippen molar-refractivity contribution in [2.24, 2.45) is 0 Å². The number of hydrogen-bond donors (Lipinski definition) is 0. The van der Waals surface area contributed by atoms with Gasteiger partial charge in [-0.15, -0.1) is 0 Å². The molecule has 0 aromatic heterocycles. The van der Waals surface area contributed by atoms with E-state index in [1.807, 2.05) is 6.92 Å². The molecular formula is C26H20BrClFNO4S. The summed E-state index contributed by atoms with van der Waals surface area (Å²) in [6.07, 6.45) is 1.64. The third-order valence-electron chi connectivity index (χ3n) is 5.09. The van der Waals surface area contributed by atoms with Gasteiger partial charge in [0.05, 0.1) is 22.5 Å². The third-order valence-corrected chi connectivity index (χ3v) is 6.84. The van der Waals surface area contributed by atoms with Crippen LogP contribution in [-0.4, -0.2) is 22.7 Å². The highest BCUT2D eigenvalue weighted by Gasteiger charge is 2.35. The van der Waals surface area contributed by atoms with E-state index < -0.39 is 0 Å². The van der Waals surface area contributed by atoms with Gasteiger partial charge in [0.25, 0.3) is 11.1 Å². The largest absolute Gasteiger partial charge is 0.490 e. The molecule has 0 unspecified atom stereocenters. The van der Waals surface area contributed by atoms with Crippen molar-refractivity contribution in [1.82, 2.24) is 4.90 Å². The normalized spacial score (nSPS) is 14.6. The standard InChI is InChI=1S/C26H20BrClFNO4S/c1-2-33-22-12-17(11-20(27)24(22)34-15-18-5-3-4-6-21(18)29)13-23-25(31)30(26(32)35-23)14-16-7-9-19(28)10-8-16/h3-13H,2,14-15H2,1H3/b23-13-. The van der Waals surface area contributed by atoms with Crippen LogP contribution in [0.2, 0.25) is 5.02 Å². The molecule has 0 radical (unpaired) electrons. The SMILES string of the molecule is CCOc1cc(/C=C2\SC(=O)N(Cc3ccc(Cl)cc3)C2=O)cc(Br)c1OCc1ccccc1F. The highest BCUT2D eigenvalue weighted by Crippen LogP contribution is 2.40. The van der Waals surface area contributed by atoms with Crippen LogP contribution in [0.5, 0.6) is 11.5 Å². The van der Waals surface area contributed by atoms with Crippen LogP contribution in [0.3, 0.4) is 0 Å². The van der Waals surface area contributed by atoms with Gasteiger partial charge in [-0.3, -0.25) is 14.5 Å². The molecule has 0 aliphatic carbocycles. The number of amides is 2. The lowest BCUT2D eigenvalue weighted by Crippen LogP contribution is -2.27. The maximum atomic E-state index is 14.0. The van der Waals surface area contributed by atoms with E-state index in [1.165, 1.54) is 11.0 Å². The number of imide groups is 1. The molecule has 0 saturated carbocycles. The Morgan fingerprint density at radius 1 is 1.09 bits per heavy atom. The summed E-state index contributed by atoms with van der Waals surface area (Å²) in [6.45, 7) is 2.40. The van der Waals surface area contributed by atoms with Gasteiger partial charge in [0.15, 0.2) is 11.5 Å². The maximum absolute atomic E-state index is 14.0. The number of thioether (sulfide) groups is 1. The van der Waals surface area contributed by atoms with Crippen molar-refractivity contribution in [3.63, 3.8) is 0 Å². The summed E-state index contributed by atoms with van der Waals surface area (Å²) in [5.41, 5.74) is 1.87. The van der Waals surface area contributed by atoms with Gasteiger partial charge in [-0.1, -0.05) is 41.9 Å². The summed E-state index contributed by atoms with van der Waals surface area (Å²) in [6, 6.07) is 16.9. The Hall–Kier alpha value is -2.81. The zero-order valence-electron chi connectivity index (χ0n) is 18.6. The molecule has 1 saturated heterocycles. The summed E-state index contributed by atoms with van der Waals surface area (Å²) < 4.78 is 26.2. The van der Waals surface area contributed by atoms with Crippen LogP contribution in [0.1, 0.15) is 23.6 Å². The van der Waals surface area contributed by atoms with Crippen LogP contribution in [0.15, 0.2) is 70.0 Å². The van der Waals surface area contributed by atoms with Gasteiger partial charge in [-0.05, 0) is 82.2 Å². The second-order valence-electron chi connectivity index (χ2n) is 7.54. The Morgan fingerprint density at radius 2 is 1.83 bits per heavy atom. The zero-order valence-corrected chi connectivity index (χ0v) is 21.8. The number of rotatable bonds is 8. The van der Waals surface area contributed by atoms with Gasteiger partial charge in [0.2, 0.25) is 0 Å². The molecule has 3 aromatic carbocycles. The Labute approximate surface area is 220 Å². The van der Waals surface area contributed by atoms with E-state index in [1.54, 1.807) is 60.7 Å². The van der Waals surface area contributed by atoms with Crippen molar-refractivity contribution in [3.8, 4) is 11.5 Å². The molecular weight excluding hydrogens is 557 g/mol. The first-order valence-electron chi connectivity index (χ1n) is 10.7. The molecule has 1 heterocycles. The van der Waals surface area contributed by atoms with Gasteiger partial charge in [-0.25, -0.2) is 4.39 Å². The Kier molecular flexibility index (Phi) is 8.15. The predicted molar refractivity (Wildman–Crippen MR) is 139 cm³/mol. The van der Waals surface area contributed by atoms with E-state index in [2.05, 4.69) is 15.9 Å². The fourth-order valence-corrected chi connectivity index (χ4v) is 4.94. The summed E-state index contributed by atoms with van der Waals surface area (Å²) in [4.78, 5) is 26.9. The number of hydrogen-bond acceptors (Lipinski definition) is 5. The molecule has 0 N–H and O–H groups in total. The number of halogens is 3. The van der Waals surface area contributed by atoms with Crippen molar-refractivity contribution in [1.29, 1.82) is 0 Å². The van der Waals surface area contributed by atoms with Crippen LogP contribution in [0.25, 0.3) is 6.08 Å². The predicted octanol–water partition coefficient (Wildman–Crippen LogP) is 7.46. The topological polar surface area (TPSA) is 55.8 Å². The maximum Gasteiger partial charge on any atom is 0.293 e. The number of ether oxygens (including phenoxy) is 2. The van der Waals surface area contributed by atoms with E-state index >= 15 is 0 Å². The number of nitrogens with zero attached hydrogens (tertiary/aromatic N) is 1. The van der Waals surface area contributed by atoms with Crippen LogP contribution in [0.4, 0.5) is 9.18 Å². The van der Waals surface area contributed by atoms with Gasteiger partial charge in [0, 0.05) is 10.6 Å². The quantitative estimate of drug-likeness (QED) is 0.261. The molecule has 0 bridgehead atoms. The fourth-order valence-electron chi connectivity index (χ4n) is 3.40. The minimum absolute atomic E-state index is 0.0221. The van der Waals surface area contributed by atoms with E-state index in [4.69, 9.17) is 21.1 Å². The smallest absolute Gasteiger partial charge is 0.293 e. The number of carbonyl (C=O) groups excluding carboxylic acids is 2. The van der Waals surface area contributed by atoms with Crippen LogP contribution >= 0.6 is 39.3 Å². The van der Waals surface area contributed by atoms with E-state index in [0.717, 1.165) is 17.3 Å². The zero-order chi connectivity index (χ0) is 24.9. The lowest BCUT2D eigenvalue weighted by molar-refractivity contribution is -0.123. The highest BCUT2D eigenvalue weighted by molar-refractivity contribution is 9.10. The second-order valence-corrected chi connectivity index (χ2v) is 9.82. The van der Waals surface area contributed by atoms with Crippen LogP contribution < -0.4 is 9.47 Å². The molecule has 180 valence electrons. The molecule has 3 aromatic rings. The third kappa shape index (κ3) is 6.07. The van der Waals surface area contributed by atoms with E-state index in [-0.39, 0.29) is 30.1 Å². The summed E-state index contributed by atoms with van der Waals surface area (Å²) in [7, 11) is 0. The summed E-state index contributed by atoms with van der Waals surface area (Å²) in [5.74, 6) is 0.129. The molecule has 9 heteroatoms. The minimum atomic E-state index is -0.371. The monoisotopic (exact) mass is 575 g/mol. The molecule has 0 atom stereocenters. The molecule has 4 rings (SSSR count).